The van der Waals surface area contributed by atoms with Crippen LogP contribution in [0.1, 0.15) is 19.4 Å². The molecular weight excluding hydrogens is 317 g/mol. The van der Waals surface area contributed by atoms with Gasteiger partial charge >= 0.3 is 0 Å². The zero-order valence-corrected chi connectivity index (χ0v) is 14.4. The van der Waals surface area contributed by atoms with Gasteiger partial charge in [-0.15, -0.1) is 0 Å². The van der Waals surface area contributed by atoms with Crippen LogP contribution in [0.15, 0.2) is 48.8 Å². The summed E-state index contributed by atoms with van der Waals surface area (Å²) in [6, 6.07) is 10.7. The zero-order chi connectivity index (χ0) is 17.8. The van der Waals surface area contributed by atoms with Gasteiger partial charge in [0.1, 0.15) is 11.6 Å². The fourth-order valence-corrected chi connectivity index (χ4v) is 2.38. The number of benzene rings is 1. The fraction of sp³-hybridized carbons (Fsp3) is 0.211. The molecule has 2 heterocycles. The topological polar surface area (TPSA) is 62.7 Å². The molecule has 0 unspecified atom stereocenters. The molecule has 25 heavy (non-hydrogen) atoms. The van der Waals surface area contributed by atoms with Crippen molar-refractivity contribution in [2.45, 2.75) is 26.8 Å². The minimum absolute atomic E-state index is 0.188. The molecule has 128 valence electrons. The van der Waals surface area contributed by atoms with Crippen LogP contribution in [0.4, 0.5) is 21.8 Å². The Morgan fingerprint density at radius 1 is 1.08 bits per heavy atom. The number of hydrogen-bond donors (Lipinski definition) is 2. The maximum absolute atomic E-state index is 13.8. The van der Waals surface area contributed by atoms with Gasteiger partial charge in [-0.05, 0) is 45.0 Å². The number of anilines is 3. The van der Waals surface area contributed by atoms with Crippen molar-refractivity contribution in [3.8, 4) is 11.3 Å². The lowest BCUT2D eigenvalue weighted by Gasteiger charge is -2.14. The van der Waals surface area contributed by atoms with Crippen molar-refractivity contribution in [3.05, 3.63) is 60.2 Å². The summed E-state index contributed by atoms with van der Waals surface area (Å²) in [5, 5.41) is 6.40. The van der Waals surface area contributed by atoms with Gasteiger partial charge in [-0.25, -0.2) is 9.37 Å². The van der Waals surface area contributed by atoms with Crippen LogP contribution < -0.4 is 10.6 Å². The summed E-state index contributed by atoms with van der Waals surface area (Å²) in [6.07, 6.45) is 3.46. The summed E-state index contributed by atoms with van der Waals surface area (Å²) in [5.41, 5.74) is 2.84. The second kappa shape index (κ2) is 7.25. The molecule has 6 heteroatoms. The lowest BCUT2D eigenvalue weighted by molar-refractivity contribution is 0.619. The molecule has 1 aromatic carbocycles. The van der Waals surface area contributed by atoms with E-state index in [4.69, 9.17) is 0 Å². The van der Waals surface area contributed by atoms with E-state index >= 15 is 0 Å². The van der Waals surface area contributed by atoms with Crippen LogP contribution in [-0.2, 0) is 0 Å². The Labute approximate surface area is 146 Å². The Bertz CT molecular complexity index is 865. The van der Waals surface area contributed by atoms with Crippen LogP contribution in [0.2, 0.25) is 0 Å². The largest absolute Gasteiger partial charge is 0.352 e. The molecule has 3 aromatic rings. The van der Waals surface area contributed by atoms with Gasteiger partial charge in [0, 0.05) is 41.3 Å². The molecule has 0 spiro atoms. The van der Waals surface area contributed by atoms with Crippen molar-refractivity contribution in [1.82, 2.24) is 15.0 Å². The van der Waals surface area contributed by atoms with Crippen molar-refractivity contribution >= 4 is 17.5 Å². The summed E-state index contributed by atoms with van der Waals surface area (Å²) in [5.74, 6) is 0.839. The van der Waals surface area contributed by atoms with Crippen LogP contribution in [-0.4, -0.2) is 21.0 Å². The van der Waals surface area contributed by atoms with Gasteiger partial charge in [0.2, 0.25) is 5.95 Å². The van der Waals surface area contributed by atoms with Gasteiger partial charge in [-0.2, -0.15) is 4.98 Å². The minimum Gasteiger partial charge on any atom is -0.352 e. The highest BCUT2D eigenvalue weighted by Gasteiger charge is 2.10. The first kappa shape index (κ1) is 16.8. The molecule has 0 saturated heterocycles. The summed E-state index contributed by atoms with van der Waals surface area (Å²) in [4.78, 5) is 13.2. The molecule has 0 bridgehead atoms. The summed E-state index contributed by atoms with van der Waals surface area (Å²) in [7, 11) is 0. The predicted molar refractivity (Wildman–Crippen MR) is 98.4 cm³/mol. The first-order valence-electron chi connectivity index (χ1n) is 8.11. The zero-order valence-electron chi connectivity index (χ0n) is 14.4. The smallest absolute Gasteiger partial charge is 0.225 e. The first-order valence-corrected chi connectivity index (χ1v) is 8.11. The second-order valence-electron chi connectivity index (χ2n) is 6.04. The van der Waals surface area contributed by atoms with E-state index in [0.29, 0.717) is 23.0 Å². The third-order valence-corrected chi connectivity index (χ3v) is 3.63. The Hall–Kier alpha value is -3.02. The van der Waals surface area contributed by atoms with E-state index in [-0.39, 0.29) is 11.9 Å². The summed E-state index contributed by atoms with van der Waals surface area (Å²) in [6.45, 7) is 5.77. The van der Waals surface area contributed by atoms with E-state index in [9.17, 15) is 4.39 Å². The lowest BCUT2D eigenvalue weighted by atomic mass is 10.2. The number of hydrogen-bond acceptors (Lipinski definition) is 5. The number of rotatable bonds is 5. The molecule has 0 saturated carbocycles. The Balaban J connectivity index is 2.01. The SMILES string of the molecule is Cc1c(F)cccc1Nc1cc(-c2cccnc2)nc(NC(C)C)n1. The van der Waals surface area contributed by atoms with Crippen molar-refractivity contribution < 1.29 is 4.39 Å². The number of halogens is 1. The van der Waals surface area contributed by atoms with Gasteiger partial charge in [-0.3, -0.25) is 4.98 Å². The molecule has 5 nitrogen and oxygen atoms in total. The number of nitrogens with one attached hydrogen (secondary N) is 2. The third kappa shape index (κ3) is 4.09. The molecule has 2 N–H and O–H groups in total. The van der Waals surface area contributed by atoms with E-state index in [0.717, 1.165) is 11.3 Å². The normalized spacial score (nSPS) is 10.8. The second-order valence-corrected chi connectivity index (χ2v) is 6.04. The lowest BCUT2D eigenvalue weighted by Crippen LogP contribution is -2.13. The number of nitrogens with zero attached hydrogens (tertiary/aromatic N) is 3. The molecule has 0 aliphatic heterocycles. The average molecular weight is 337 g/mol. The Morgan fingerprint density at radius 2 is 1.92 bits per heavy atom. The third-order valence-electron chi connectivity index (χ3n) is 3.63. The van der Waals surface area contributed by atoms with Crippen molar-refractivity contribution in [2.75, 3.05) is 10.6 Å². The fourth-order valence-electron chi connectivity index (χ4n) is 2.38. The number of pyridine rings is 1. The van der Waals surface area contributed by atoms with Gasteiger partial charge in [0.15, 0.2) is 0 Å². The highest BCUT2D eigenvalue weighted by atomic mass is 19.1. The van der Waals surface area contributed by atoms with Crippen LogP contribution in [0, 0.1) is 12.7 Å². The van der Waals surface area contributed by atoms with Crippen LogP contribution in [0.25, 0.3) is 11.3 Å². The van der Waals surface area contributed by atoms with E-state index in [1.807, 2.05) is 38.1 Å². The average Bonchev–Trinajstić information content (AvgIpc) is 2.59. The van der Waals surface area contributed by atoms with E-state index < -0.39 is 0 Å². The van der Waals surface area contributed by atoms with Crippen LogP contribution >= 0.6 is 0 Å². The van der Waals surface area contributed by atoms with Crippen molar-refractivity contribution in [1.29, 1.82) is 0 Å². The van der Waals surface area contributed by atoms with Gasteiger partial charge < -0.3 is 10.6 Å². The molecule has 0 fully saturated rings. The quantitative estimate of drug-likeness (QED) is 0.715. The Kier molecular flexibility index (Phi) is 4.88. The highest BCUT2D eigenvalue weighted by Crippen LogP contribution is 2.25. The maximum Gasteiger partial charge on any atom is 0.225 e. The van der Waals surface area contributed by atoms with E-state index in [1.54, 1.807) is 25.4 Å². The van der Waals surface area contributed by atoms with Crippen LogP contribution in [0.5, 0.6) is 0 Å². The predicted octanol–water partition coefficient (Wildman–Crippen LogP) is 4.55. The summed E-state index contributed by atoms with van der Waals surface area (Å²) >= 11 is 0. The van der Waals surface area contributed by atoms with Gasteiger partial charge in [0.25, 0.3) is 0 Å². The van der Waals surface area contributed by atoms with E-state index in [1.165, 1.54) is 6.07 Å². The molecule has 3 rings (SSSR count). The molecule has 0 aliphatic carbocycles. The molecule has 0 aliphatic rings. The molecule has 0 radical (unpaired) electrons. The van der Waals surface area contributed by atoms with Crippen molar-refractivity contribution in [2.24, 2.45) is 0 Å². The van der Waals surface area contributed by atoms with Gasteiger partial charge in [0.05, 0.1) is 5.69 Å². The molecule has 2 aromatic heterocycles. The monoisotopic (exact) mass is 337 g/mol. The molecule has 0 amide bonds. The minimum atomic E-state index is -0.257. The maximum atomic E-state index is 13.8. The van der Waals surface area contributed by atoms with Crippen molar-refractivity contribution in [3.63, 3.8) is 0 Å². The molecule has 0 atom stereocenters. The number of aromatic nitrogens is 3. The Morgan fingerprint density at radius 3 is 2.64 bits per heavy atom. The van der Waals surface area contributed by atoms with E-state index in [2.05, 4.69) is 25.6 Å². The highest BCUT2D eigenvalue weighted by molar-refractivity contribution is 5.68. The molecular formula is C19H20FN5. The van der Waals surface area contributed by atoms with Gasteiger partial charge in [-0.1, -0.05) is 6.07 Å². The van der Waals surface area contributed by atoms with Crippen LogP contribution in [0.3, 0.4) is 0 Å². The summed E-state index contributed by atoms with van der Waals surface area (Å²) < 4.78 is 13.8. The first-order chi connectivity index (χ1) is 12.0. The standard InChI is InChI=1S/C19H20FN5/c1-12(2)22-19-24-17(14-6-5-9-21-11-14)10-18(25-19)23-16-8-4-7-15(20)13(16)3/h4-12H,1-3H3,(H2,22,23,24,25).